The van der Waals surface area contributed by atoms with Crippen molar-refractivity contribution in [2.45, 2.75) is 58.1 Å². The summed E-state index contributed by atoms with van der Waals surface area (Å²) in [4.78, 5) is 3.64. The number of aliphatic hydroxyl groups excluding tert-OH is 1. The van der Waals surface area contributed by atoms with Gasteiger partial charge in [-0.1, -0.05) is 12.1 Å². The average Bonchev–Trinajstić information content (AvgIpc) is 2.80. The number of hydrogen-bond donors (Lipinski definition) is 2. The number of aliphatic imine (C=N–C) groups is 1. The number of hydrogen-bond acceptors (Lipinski definition) is 5. The van der Waals surface area contributed by atoms with Crippen LogP contribution in [0.15, 0.2) is 22.8 Å². The highest BCUT2D eigenvalue weighted by molar-refractivity contribution is 6.62. The highest BCUT2D eigenvalue weighted by atomic mass is 19.4. The van der Waals surface area contributed by atoms with Crippen molar-refractivity contribution in [2.24, 2.45) is 10.7 Å². The van der Waals surface area contributed by atoms with E-state index in [0.717, 1.165) is 12.1 Å². The summed E-state index contributed by atoms with van der Waals surface area (Å²) in [6.45, 7) is 8.01. The normalized spacial score (nSPS) is 20.6. The third-order valence-corrected chi connectivity index (χ3v) is 5.10. The molecule has 1 aliphatic rings. The largest absolute Gasteiger partial charge is 0.497 e. The van der Waals surface area contributed by atoms with Gasteiger partial charge in [-0.15, -0.1) is 0 Å². The molecule has 0 spiro atoms. The Labute approximate surface area is 171 Å². The average molecular weight is 434 g/mol. The lowest BCUT2D eigenvalue weighted by Crippen LogP contribution is -2.41. The van der Waals surface area contributed by atoms with Gasteiger partial charge in [-0.25, -0.2) is 8.78 Å². The van der Waals surface area contributed by atoms with Crippen LogP contribution in [0.1, 0.15) is 40.2 Å². The number of nitrogens with two attached hydrogens (primary N) is 1. The molecule has 1 heterocycles. The van der Waals surface area contributed by atoms with Crippen molar-refractivity contribution in [3.8, 4) is 0 Å². The van der Waals surface area contributed by atoms with Gasteiger partial charge in [0.2, 0.25) is 0 Å². The molecule has 1 fully saturated rings. The Bertz CT molecular complexity index is 850. The molecule has 11 heteroatoms. The molecule has 1 atom stereocenters. The molecule has 0 aliphatic carbocycles. The monoisotopic (exact) mass is 434 g/mol. The lowest BCUT2D eigenvalue weighted by Gasteiger charge is -2.32. The number of aliphatic hydroxyl groups is 1. The van der Waals surface area contributed by atoms with E-state index in [1.807, 2.05) is 0 Å². The maximum absolute atomic E-state index is 14.8. The molecule has 2 rings (SSSR count). The van der Waals surface area contributed by atoms with Gasteiger partial charge in [-0.3, -0.25) is 4.99 Å². The van der Waals surface area contributed by atoms with Crippen LogP contribution < -0.4 is 11.2 Å². The van der Waals surface area contributed by atoms with E-state index in [2.05, 4.69) is 4.99 Å². The first-order valence-corrected chi connectivity index (χ1v) is 9.17. The molecule has 0 bridgehead atoms. The number of halogens is 5. The summed E-state index contributed by atoms with van der Waals surface area (Å²) >= 11 is 0. The zero-order valence-corrected chi connectivity index (χ0v) is 17.3. The summed E-state index contributed by atoms with van der Waals surface area (Å²) in [5.74, 6) is -2.96. The second kappa shape index (κ2) is 8.28. The molecule has 30 heavy (non-hydrogen) atoms. The molecular weight excluding hydrogens is 410 g/mol. The Morgan fingerprint density at radius 3 is 2.17 bits per heavy atom. The summed E-state index contributed by atoms with van der Waals surface area (Å²) in [6, 6.07) is 2.04. The Balaban J connectivity index is 2.53. The highest BCUT2D eigenvalue weighted by Crippen LogP contribution is 2.37. The third kappa shape index (κ3) is 4.84. The summed E-state index contributed by atoms with van der Waals surface area (Å²) in [5.41, 5.74) is 0.0115. The van der Waals surface area contributed by atoms with Crippen molar-refractivity contribution < 1.29 is 36.4 Å². The summed E-state index contributed by atoms with van der Waals surface area (Å²) in [5, 5.41) is 9.23. The predicted octanol–water partition coefficient (Wildman–Crippen LogP) is 2.95. The van der Waals surface area contributed by atoms with E-state index in [9.17, 15) is 27.1 Å². The van der Waals surface area contributed by atoms with Gasteiger partial charge in [0.1, 0.15) is 5.70 Å². The van der Waals surface area contributed by atoms with Crippen molar-refractivity contribution in [3.05, 3.63) is 35.0 Å². The Morgan fingerprint density at radius 2 is 1.70 bits per heavy atom. The molecule has 5 nitrogen and oxygen atoms in total. The fraction of sp³-hybridized carbons (Fsp3) is 0.526. The minimum atomic E-state index is -5.00. The molecule has 1 aromatic carbocycles. The number of nitrogens with zero attached hydrogens (tertiary/aromatic N) is 1. The lowest BCUT2D eigenvalue weighted by atomic mass is 9.77. The van der Waals surface area contributed by atoms with E-state index in [1.165, 1.54) is 6.92 Å². The van der Waals surface area contributed by atoms with Gasteiger partial charge in [0.05, 0.1) is 23.9 Å². The molecule has 0 saturated carbocycles. The summed E-state index contributed by atoms with van der Waals surface area (Å²) in [7, 11) is -1.24. The Kier molecular flexibility index (Phi) is 6.70. The van der Waals surface area contributed by atoms with Crippen LogP contribution in [0, 0.1) is 11.6 Å². The van der Waals surface area contributed by atoms with Crippen LogP contribution in [0.4, 0.5) is 22.0 Å². The van der Waals surface area contributed by atoms with Crippen molar-refractivity contribution in [2.75, 3.05) is 6.54 Å². The molecule has 0 aromatic heterocycles. The van der Waals surface area contributed by atoms with E-state index in [1.54, 1.807) is 27.7 Å². The van der Waals surface area contributed by atoms with Crippen LogP contribution in [0.3, 0.4) is 0 Å². The molecule has 3 N–H and O–H groups in total. The zero-order valence-electron chi connectivity index (χ0n) is 17.3. The van der Waals surface area contributed by atoms with Crippen LogP contribution >= 0.6 is 0 Å². The van der Waals surface area contributed by atoms with Crippen molar-refractivity contribution in [3.63, 3.8) is 0 Å². The third-order valence-electron chi connectivity index (χ3n) is 5.10. The lowest BCUT2D eigenvalue weighted by molar-refractivity contribution is -0.0918. The molecular formula is C19H24BF5N2O3. The number of alkyl halides is 3. The quantitative estimate of drug-likeness (QED) is 0.425. The van der Waals surface area contributed by atoms with Gasteiger partial charge in [0.25, 0.3) is 0 Å². The standard InChI is InChI=1S/C19H24BF5N2O3/c1-10(28)8-27-9-12(16(26)19(23,24)25)11-6-7-13(15(22)14(11)21)20-29-17(2,3)18(4,5)30-20/h6-7,9-10,28H,8,26H2,1-5H3. The number of allylic oxidation sites excluding steroid dienone is 2. The Hall–Kier alpha value is -1.98. The molecule has 0 radical (unpaired) electrons. The smallest absolute Gasteiger partial charge is 0.399 e. The van der Waals surface area contributed by atoms with Gasteiger partial charge in [0, 0.05) is 22.8 Å². The topological polar surface area (TPSA) is 77.1 Å². The fourth-order valence-electron chi connectivity index (χ4n) is 2.66. The second-order valence-corrected chi connectivity index (χ2v) is 8.09. The van der Waals surface area contributed by atoms with Crippen molar-refractivity contribution in [1.29, 1.82) is 0 Å². The van der Waals surface area contributed by atoms with Crippen LogP contribution in [0.2, 0.25) is 0 Å². The highest BCUT2D eigenvalue weighted by Gasteiger charge is 2.52. The first-order chi connectivity index (χ1) is 13.6. The summed E-state index contributed by atoms with van der Waals surface area (Å²) < 4.78 is 80.5. The van der Waals surface area contributed by atoms with E-state index in [-0.39, 0.29) is 12.0 Å². The maximum atomic E-state index is 14.8. The molecule has 1 saturated heterocycles. The SMILES string of the molecule is CC(O)CN=CC(=C(N)C(F)(F)F)c1ccc(B2OC(C)(C)C(C)(C)O2)c(F)c1F. The van der Waals surface area contributed by atoms with Gasteiger partial charge in [-0.2, -0.15) is 13.2 Å². The molecule has 1 unspecified atom stereocenters. The maximum Gasteiger partial charge on any atom is 0.497 e. The minimum absolute atomic E-state index is 0.245. The second-order valence-electron chi connectivity index (χ2n) is 8.09. The van der Waals surface area contributed by atoms with Crippen LogP contribution in [-0.2, 0) is 9.31 Å². The fourth-order valence-corrected chi connectivity index (χ4v) is 2.66. The van der Waals surface area contributed by atoms with Crippen LogP contribution in [0.5, 0.6) is 0 Å². The van der Waals surface area contributed by atoms with Crippen molar-refractivity contribution in [1.82, 2.24) is 0 Å². The van der Waals surface area contributed by atoms with Crippen LogP contribution in [0.25, 0.3) is 5.57 Å². The molecule has 1 aliphatic heterocycles. The van der Waals surface area contributed by atoms with E-state index >= 15 is 0 Å². The van der Waals surface area contributed by atoms with E-state index < -0.39 is 59.1 Å². The zero-order chi connectivity index (χ0) is 23.1. The van der Waals surface area contributed by atoms with E-state index in [0.29, 0.717) is 6.21 Å². The van der Waals surface area contributed by atoms with Gasteiger partial charge in [0.15, 0.2) is 11.6 Å². The van der Waals surface area contributed by atoms with E-state index in [4.69, 9.17) is 15.0 Å². The number of benzene rings is 1. The van der Waals surface area contributed by atoms with Gasteiger partial charge in [-0.05, 0) is 34.6 Å². The van der Waals surface area contributed by atoms with Crippen LogP contribution in [-0.4, -0.2) is 48.5 Å². The molecule has 166 valence electrons. The Morgan fingerprint density at radius 1 is 1.17 bits per heavy atom. The molecule has 1 aromatic rings. The first-order valence-electron chi connectivity index (χ1n) is 9.17. The van der Waals surface area contributed by atoms with Gasteiger partial charge < -0.3 is 20.1 Å². The van der Waals surface area contributed by atoms with Gasteiger partial charge >= 0.3 is 13.3 Å². The minimum Gasteiger partial charge on any atom is -0.399 e. The summed E-state index contributed by atoms with van der Waals surface area (Å²) in [6.07, 6.45) is -5.27. The van der Waals surface area contributed by atoms with Crippen molar-refractivity contribution >= 4 is 24.4 Å². The number of rotatable bonds is 5. The predicted molar refractivity (Wildman–Crippen MR) is 104 cm³/mol. The molecule has 0 amide bonds. The first kappa shape index (κ1) is 24.3.